The summed E-state index contributed by atoms with van der Waals surface area (Å²) in [4.78, 5) is 13.4. The molecule has 1 saturated carbocycles. The summed E-state index contributed by atoms with van der Waals surface area (Å²) in [5.74, 6) is 6.61. The number of fused-ring (bicyclic) bond motifs is 3. The van der Waals surface area contributed by atoms with Gasteiger partial charge in [0.25, 0.3) is 0 Å². The van der Waals surface area contributed by atoms with E-state index in [1.807, 2.05) is 18.2 Å². The van der Waals surface area contributed by atoms with E-state index in [2.05, 4.69) is 35.4 Å². The lowest BCUT2D eigenvalue weighted by Gasteiger charge is -2.52. The first-order chi connectivity index (χ1) is 15.2. The number of urea groups is 1. The molecule has 0 spiro atoms. The molecule has 0 aromatic heterocycles. The molecule has 4 rings (SSSR count). The third-order valence-electron chi connectivity index (χ3n) is 7.23. The number of anilines is 1. The van der Waals surface area contributed by atoms with E-state index < -0.39 is 5.60 Å². The number of phenols is 1. The molecule has 168 valence electrons. The van der Waals surface area contributed by atoms with Crippen LogP contribution in [0, 0.1) is 17.8 Å². The van der Waals surface area contributed by atoms with Crippen LogP contribution in [-0.4, -0.2) is 40.8 Å². The van der Waals surface area contributed by atoms with Crippen LogP contribution in [0.4, 0.5) is 10.5 Å². The van der Waals surface area contributed by atoms with Crippen LogP contribution in [0.1, 0.15) is 49.3 Å². The van der Waals surface area contributed by atoms with Gasteiger partial charge in [-0.3, -0.25) is 0 Å². The number of phenolic OH excluding ortho intramolecular Hbond substituents is 1. The molecule has 0 heterocycles. The average Bonchev–Trinajstić information content (AvgIpc) is 2.75. The number of amides is 2. The number of nitrogens with one attached hydrogen (secondary N) is 1. The van der Waals surface area contributed by atoms with Crippen molar-refractivity contribution in [3.63, 3.8) is 0 Å². The van der Waals surface area contributed by atoms with Gasteiger partial charge in [0.2, 0.25) is 0 Å². The van der Waals surface area contributed by atoms with Gasteiger partial charge in [-0.1, -0.05) is 24.1 Å². The molecule has 2 aromatic rings. The topological polar surface area (TPSA) is 72.8 Å². The highest BCUT2D eigenvalue weighted by atomic mass is 16.3. The van der Waals surface area contributed by atoms with Crippen LogP contribution in [0.15, 0.2) is 42.5 Å². The average molecular weight is 433 g/mol. The smallest absolute Gasteiger partial charge is 0.321 e. The first-order valence-electron chi connectivity index (χ1n) is 11.3. The standard InChI is InChI=1S/C27H32N2O3/c1-4-13-26(32)14-15-27(17-19-5-9-22(10-6-19)28-25(31)29(2)3)21(18-26)8-7-20-16-23(30)11-12-24(20)27/h5-6,9-12,16,21,30,32H,7-8,14-15,17-18H2,1-3H3,(H,28,31)/t21-,26+,27+/m0/s1. The lowest BCUT2D eigenvalue weighted by molar-refractivity contribution is -0.00804. The van der Waals surface area contributed by atoms with Gasteiger partial charge in [-0.05, 0) is 92.3 Å². The van der Waals surface area contributed by atoms with Crippen LogP contribution >= 0.6 is 0 Å². The van der Waals surface area contributed by atoms with Crippen molar-refractivity contribution in [2.24, 2.45) is 5.92 Å². The largest absolute Gasteiger partial charge is 0.508 e. The summed E-state index contributed by atoms with van der Waals surface area (Å²) < 4.78 is 0. The molecule has 2 aliphatic carbocycles. The Morgan fingerprint density at radius 2 is 1.94 bits per heavy atom. The lowest BCUT2D eigenvalue weighted by Crippen LogP contribution is -2.50. The second kappa shape index (κ2) is 8.52. The minimum Gasteiger partial charge on any atom is -0.508 e. The maximum Gasteiger partial charge on any atom is 0.321 e. The minimum atomic E-state index is -0.919. The van der Waals surface area contributed by atoms with Crippen molar-refractivity contribution < 1.29 is 15.0 Å². The lowest BCUT2D eigenvalue weighted by atomic mass is 9.52. The zero-order chi connectivity index (χ0) is 22.9. The molecule has 32 heavy (non-hydrogen) atoms. The molecule has 0 unspecified atom stereocenters. The summed E-state index contributed by atoms with van der Waals surface area (Å²) in [5, 5.41) is 24.0. The number of rotatable bonds is 3. The van der Waals surface area contributed by atoms with E-state index in [-0.39, 0.29) is 11.4 Å². The summed E-state index contributed by atoms with van der Waals surface area (Å²) in [6.07, 6.45) is 4.89. The second-order valence-electron chi connectivity index (χ2n) is 9.54. The van der Waals surface area contributed by atoms with Gasteiger partial charge < -0.3 is 20.4 Å². The van der Waals surface area contributed by atoms with Gasteiger partial charge in [0.1, 0.15) is 11.4 Å². The number of nitrogens with zero attached hydrogens (tertiary/aromatic N) is 1. The van der Waals surface area contributed by atoms with Crippen LogP contribution < -0.4 is 5.32 Å². The summed E-state index contributed by atoms with van der Waals surface area (Å²) in [6.45, 7) is 1.79. The van der Waals surface area contributed by atoms with Crippen molar-refractivity contribution in [1.82, 2.24) is 4.90 Å². The number of benzene rings is 2. The van der Waals surface area contributed by atoms with Crippen molar-refractivity contribution in [3.8, 4) is 17.6 Å². The SMILES string of the molecule is CC#C[C@@]1(O)CC[C@]2(Cc3ccc(NC(=O)N(C)C)cc3)c3ccc(O)cc3CC[C@H]2C1. The zero-order valence-electron chi connectivity index (χ0n) is 19.1. The Morgan fingerprint density at radius 1 is 1.19 bits per heavy atom. The summed E-state index contributed by atoms with van der Waals surface area (Å²) in [7, 11) is 3.43. The molecule has 3 N–H and O–H groups in total. The summed E-state index contributed by atoms with van der Waals surface area (Å²) in [5.41, 5.74) is 3.46. The normalized spacial score (nSPS) is 26.2. The summed E-state index contributed by atoms with van der Waals surface area (Å²) >= 11 is 0. The van der Waals surface area contributed by atoms with Crippen LogP contribution in [0.3, 0.4) is 0 Å². The van der Waals surface area contributed by atoms with Crippen molar-refractivity contribution in [3.05, 3.63) is 59.2 Å². The predicted molar refractivity (Wildman–Crippen MR) is 127 cm³/mol. The highest BCUT2D eigenvalue weighted by molar-refractivity contribution is 5.88. The Hall–Kier alpha value is -2.97. The van der Waals surface area contributed by atoms with E-state index in [1.54, 1.807) is 27.1 Å². The van der Waals surface area contributed by atoms with Crippen molar-refractivity contribution >= 4 is 11.7 Å². The molecule has 5 nitrogen and oxygen atoms in total. The van der Waals surface area contributed by atoms with Crippen LogP contribution in [0.2, 0.25) is 0 Å². The molecule has 5 heteroatoms. The number of aromatic hydroxyl groups is 1. The van der Waals surface area contributed by atoms with Crippen LogP contribution in [0.25, 0.3) is 0 Å². The molecule has 0 radical (unpaired) electrons. The van der Waals surface area contributed by atoms with Crippen molar-refractivity contribution in [2.45, 2.75) is 56.5 Å². The third kappa shape index (κ3) is 4.20. The predicted octanol–water partition coefficient (Wildman–Crippen LogP) is 4.47. The van der Waals surface area contributed by atoms with E-state index in [0.717, 1.165) is 31.4 Å². The van der Waals surface area contributed by atoms with Crippen molar-refractivity contribution in [1.29, 1.82) is 0 Å². The maximum absolute atomic E-state index is 11.9. The molecule has 0 aliphatic heterocycles. The first kappa shape index (κ1) is 22.2. The fraction of sp³-hybridized carbons (Fsp3) is 0.444. The van der Waals surface area contributed by atoms with E-state index in [0.29, 0.717) is 24.5 Å². The van der Waals surface area contributed by atoms with E-state index in [4.69, 9.17) is 0 Å². The third-order valence-corrected chi connectivity index (χ3v) is 7.23. The quantitative estimate of drug-likeness (QED) is 0.627. The Balaban J connectivity index is 1.67. The Bertz CT molecular complexity index is 1070. The molecule has 0 saturated heterocycles. The Morgan fingerprint density at radius 3 is 2.62 bits per heavy atom. The number of carbonyl (C=O) groups is 1. The number of hydrogen-bond donors (Lipinski definition) is 3. The fourth-order valence-corrected chi connectivity index (χ4v) is 5.65. The number of aliphatic hydroxyl groups is 1. The number of hydrogen-bond acceptors (Lipinski definition) is 3. The zero-order valence-corrected chi connectivity index (χ0v) is 19.1. The van der Waals surface area contributed by atoms with Gasteiger partial charge in [-0.15, -0.1) is 5.92 Å². The number of aryl methyl sites for hydroxylation is 1. The molecule has 3 atom stereocenters. The molecule has 2 amide bonds. The number of carbonyl (C=O) groups excluding carboxylic acids is 1. The van der Waals surface area contributed by atoms with Crippen LogP contribution in [0.5, 0.6) is 5.75 Å². The second-order valence-corrected chi connectivity index (χ2v) is 9.54. The van der Waals surface area contributed by atoms with Gasteiger partial charge in [0, 0.05) is 25.2 Å². The molecule has 0 bridgehead atoms. The van der Waals surface area contributed by atoms with Gasteiger partial charge in [-0.25, -0.2) is 4.79 Å². The van der Waals surface area contributed by atoms with Gasteiger partial charge in [0.05, 0.1) is 0 Å². The van der Waals surface area contributed by atoms with E-state index in [1.165, 1.54) is 21.6 Å². The highest BCUT2D eigenvalue weighted by Gasteiger charge is 2.51. The maximum atomic E-state index is 11.9. The molecular formula is C27H32N2O3. The monoisotopic (exact) mass is 432 g/mol. The molecular weight excluding hydrogens is 400 g/mol. The first-order valence-corrected chi connectivity index (χ1v) is 11.3. The van der Waals surface area contributed by atoms with Gasteiger partial charge in [0.15, 0.2) is 0 Å². The van der Waals surface area contributed by atoms with Crippen molar-refractivity contribution in [2.75, 3.05) is 19.4 Å². The van der Waals surface area contributed by atoms with E-state index in [9.17, 15) is 15.0 Å². The van der Waals surface area contributed by atoms with Gasteiger partial charge in [-0.2, -0.15) is 0 Å². The summed E-state index contributed by atoms with van der Waals surface area (Å²) in [6, 6.07) is 13.7. The molecule has 2 aliphatic rings. The Labute approximate surface area is 190 Å². The van der Waals surface area contributed by atoms with Crippen LogP contribution in [-0.2, 0) is 18.3 Å². The molecule has 1 fully saturated rings. The minimum absolute atomic E-state index is 0.0999. The highest BCUT2D eigenvalue weighted by Crippen LogP contribution is 2.54. The molecule has 2 aromatic carbocycles. The fourth-order valence-electron chi connectivity index (χ4n) is 5.65. The Kier molecular flexibility index (Phi) is 5.92. The van der Waals surface area contributed by atoms with Gasteiger partial charge >= 0.3 is 6.03 Å². The van der Waals surface area contributed by atoms with E-state index >= 15 is 0 Å².